The smallest absolute Gasteiger partial charge is 0.124 e. The lowest BCUT2D eigenvalue weighted by Gasteiger charge is -2.20. The Balaban J connectivity index is 2.21. The lowest BCUT2D eigenvalue weighted by molar-refractivity contribution is 0.627. The normalized spacial score (nSPS) is 14.7. The van der Waals surface area contributed by atoms with E-state index < -0.39 is 0 Å². The molecule has 0 aromatic heterocycles. The summed E-state index contributed by atoms with van der Waals surface area (Å²) in [5.41, 5.74) is 1.24. The second-order valence-corrected chi connectivity index (χ2v) is 4.10. The van der Waals surface area contributed by atoms with Crippen molar-refractivity contribution in [3.63, 3.8) is 0 Å². The second-order valence-electron chi connectivity index (χ2n) is 4.10. The molecule has 0 bridgehead atoms. The number of hydrogen-bond acceptors (Lipinski definition) is 2. The van der Waals surface area contributed by atoms with E-state index in [-0.39, 0.29) is 5.82 Å². The van der Waals surface area contributed by atoms with Gasteiger partial charge in [-0.05, 0) is 37.0 Å². The van der Waals surface area contributed by atoms with E-state index in [1.54, 1.807) is 6.07 Å². The van der Waals surface area contributed by atoms with Gasteiger partial charge in [-0.2, -0.15) is 5.26 Å². The molecule has 78 valence electrons. The SMILES string of the molecule is CN(CC1CC1)c1ccc(F)cc1C#N. The van der Waals surface area contributed by atoms with Crippen LogP contribution in [-0.2, 0) is 0 Å². The maximum atomic E-state index is 12.9. The van der Waals surface area contributed by atoms with Crippen molar-refractivity contribution in [2.24, 2.45) is 5.92 Å². The van der Waals surface area contributed by atoms with Crippen LogP contribution in [0.2, 0.25) is 0 Å². The van der Waals surface area contributed by atoms with Crippen molar-refractivity contribution in [1.82, 2.24) is 0 Å². The predicted octanol–water partition coefficient (Wildman–Crippen LogP) is 2.54. The Morgan fingerprint density at radius 1 is 1.53 bits per heavy atom. The second kappa shape index (κ2) is 3.90. The molecule has 1 saturated carbocycles. The Morgan fingerprint density at radius 3 is 2.87 bits per heavy atom. The van der Waals surface area contributed by atoms with E-state index in [9.17, 15) is 4.39 Å². The van der Waals surface area contributed by atoms with Crippen molar-refractivity contribution in [2.45, 2.75) is 12.8 Å². The molecule has 3 heteroatoms. The number of rotatable bonds is 3. The summed E-state index contributed by atoms with van der Waals surface area (Å²) in [4.78, 5) is 2.04. The highest BCUT2D eigenvalue weighted by atomic mass is 19.1. The number of hydrogen-bond donors (Lipinski definition) is 0. The number of anilines is 1. The highest BCUT2D eigenvalue weighted by Gasteiger charge is 2.23. The average Bonchev–Trinajstić information content (AvgIpc) is 3.01. The summed E-state index contributed by atoms with van der Waals surface area (Å²) in [6.45, 7) is 0.959. The number of nitriles is 1. The van der Waals surface area contributed by atoms with E-state index in [2.05, 4.69) is 0 Å². The Labute approximate surface area is 88.9 Å². The Bertz CT molecular complexity index is 405. The van der Waals surface area contributed by atoms with E-state index in [0.29, 0.717) is 5.56 Å². The molecular formula is C12H13FN2. The van der Waals surface area contributed by atoms with Gasteiger partial charge in [0.15, 0.2) is 0 Å². The first-order valence-corrected chi connectivity index (χ1v) is 5.11. The molecule has 0 heterocycles. The summed E-state index contributed by atoms with van der Waals surface area (Å²) < 4.78 is 12.9. The average molecular weight is 204 g/mol. The van der Waals surface area contributed by atoms with Crippen LogP contribution in [0.1, 0.15) is 18.4 Å². The van der Waals surface area contributed by atoms with Crippen LogP contribution < -0.4 is 4.90 Å². The summed E-state index contributed by atoms with van der Waals surface area (Å²) in [5.74, 6) is 0.404. The monoisotopic (exact) mass is 204 g/mol. The van der Waals surface area contributed by atoms with E-state index in [0.717, 1.165) is 18.2 Å². The third kappa shape index (κ3) is 2.27. The first kappa shape index (κ1) is 9.97. The summed E-state index contributed by atoms with van der Waals surface area (Å²) in [6.07, 6.45) is 2.54. The molecule has 1 fully saturated rings. The Kier molecular flexibility index (Phi) is 2.59. The topological polar surface area (TPSA) is 27.0 Å². The fraction of sp³-hybridized carbons (Fsp3) is 0.417. The number of nitrogens with zero attached hydrogens (tertiary/aromatic N) is 2. The highest BCUT2D eigenvalue weighted by Crippen LogP contribution is 2.31. The molecule has 1 aliphatic rings. The van der Waals surface area contributed by atoms with Crippen molar-refractivity contribution in [3.05, 3.63) is 29.6 Å². The van der Waals surface area contributed by atoms with Gasteiger partial charge in [0.25, 0.3) is 0 Å². The zero-order valence-corrected chi connectivity index (χ0v) is 8.70. The minimum absolute atomic E-state index is 0.352. The molecule has 15 heavy (non-hydrogen) atoms. The van der Waals surface area contributed by atoms with E-state index in [1.165, 1.54) is 25.0 Å². The minimum Gasteiger partial charge on any atom is -0.373 e. The van der Waals surface area contributed by atoms with Gasteiger partial charge < -0.3 is 4.90 Å². The van der Waals surface area contributed by atoms with Gasteiger partial charge in [0.05, 0.1) is 11.3 Å². The third-order valence-electron chi connectivity index (χ3n) is 2.72. The maximum Gasteiger partial charge on any atom is 0.124 e. The van der Waals surface area contributed by atoms with E-state index >= 15 is 0 Å². The molecule has 2 rings (SSSR count). The first-order chi connectivity index (χ1) is 7.20. The summed E-state index contributed by atoms with van der Waals surface area (Å²) in [5, 5.41) is 8.90. The molecular weight excluding hydrogens is 191 g/mol. The zero-order chi connectivity index (χ0) is 10.8. The van der Waals surface area contributed by atoms with Gasteiger partial charge in [-0.15, -0.1) is 0 Å². The predicted molar refractivity (Wildman–Crippen MR) is 57.1 cm³/mol. The van der Waals surface area contributed by atoms with Crippen molar-refractivity contribution < 1.29 is 4.39 Å². The summed E-state index contributed by atoms with van der Waals surface area (Å²) >= 11 is 0. The fourth-order valence-electron chi connectivity index (χ4n) is 1.72. The molecule has 0 atom stereocenters. The molecule has 0 N–H and O–H groups in total. The number of halogens is 1. The molecule has 2 nitrogen and oxygen atoms in total. The van der Waals surface area contributed by atoms with Gasteiger partial charge in [0.1, 0.15) is 11.9 Å². The first-order valence-electron chi connectivity index (χ1n) is 5.11. The molecule has 1 aromatic rings. The summed E-state index contributed by atoms with van der Waals surface area (Å²) in [6, 6.07) is 6.40. The maximum absolute atomic E-state index is 12.9. The molecule has 0 radical (unpaired) electrons. The van der Waals surface area contributed by atoms with Gasteiger partial charge in [-0.25, -0.2) is 4.39 Å². The molecule has 0 unspecified atom stereocenters. The van der Waals surface area contributed by atoms with Crippen LogP contribution in [0.15, 0.2) is 18.2 Å². The molecule has 0 spiro atoms. The molecule has 0 aliphatic heterocycles. The van der Waals surface area contributed by atoms with Crippen LogP contribution >= 0.6 is 0 Å². The van der Waals surface area contributed by atoms with Gasteiger partial charge in [0, 0.05) is 13.6 Å². The van der Waals surface area contributed by atoms with Crippen LogP contribution in [0.5, 0.6) is 0 Å². The molecule has 0 saturated heterocycles. The van der Waals surface area contributed by atoms with Crippen LogP contribution in [-0.4, -0.2) is 13.6 Å². The minimum atomic E-state index is -0.352. The van der Waals surface area contributed by atoms with Crippen LogP contribution in [0.4, 0.5) is 10.1 Å². The van der Waals surface area contributed by atoms with Crippen LogP contribution in [0.3, 0.4) is 0 Å². The van der Waals surface area contributed by atoms with E-state index in [4.69, 9.17) is 5.26 Å². The summed E-state index contributed by atoms with van der Waals surface area (Å²) in [7, 11) is 1.95. The highest BCUT2D eigenvalue weighted by molar-refractivity contribution is 5.59. The quantitative estimate of drug-likeness (QED) is 0.756. The van der Waals surface area contributed by atoms with Crippen LogP contribution in [0.25, 0.3) is 0 Å². The van der Waals surface area contributed by atoms with Crippen molar-refractivity contribution in [3.8, 4) is 6.07 Å². The van der Waals surface area contributed by atoms with Gasteiger partial charge in [-0.1, -0.05) is 0 Å². The zero-order valence-electron chi connectivity index (χ0n) is 8.70. The largest absolute Gasteiger partial charge is 0.373 e. The molecule has 1 aromatic carbocycles. The van der Waals surface area contributed by atoms with Gasteiger partial charge in [0.2, 0.25) is 0 Å². The van der Waals surface area contributed by atoms with Crippen molar-refractivity contribution in [1.29, 1.82) is 5.26 Å². The van der Waals surface area contributed by atoms with Gasteiger partial charge >= 0.3 is 0 Å². The van der Waals surface area contributed by atoms with E-state index in [1.807, 2.05) is 18.0 Å². The van der Waals surface area contributed by atoms with Crippen LogP contribution in [0, 0.1) is 23.1 Å². The van der Waals surface area contributed by atoms with Crippen molar-refractivity contribution in [2.75, 3.05) is 18.5 Å². The lowest BCUT2D eigenvalue weighted by atomic mass is 10.1. The molecule has 1 aliphatic carbocycles. The van der Waals surface area contributed by atoms with Gasteiger partial charge in [-0.3, -0.25) is 0 Å². The van der Waals surface area contributed by atoms with Crippen molar-refractivity contribution >= 4 is 5.69 Å². The fourth-order valence-corrected chi connectivity index (χ4v) is 1.72. The number of benzene rings is 1. The standard InChI is InChI=1S/C12H13FN2/c1-15(8-9-2-3-9)12-5-4-11(13)6-10(12)7-14/h4-6,9H,2-3,8H2,1H3. The Hall–Kier alpha value is -1.56. The Morgan fingerprint density at radius 2 is 2.27 bits per heavy atom. The molecule has 0 amide bonds. The third-order valence-corrected chi connectivity index (χ3v) is 2.72. The lowest BCUT2D eigenvalue weighted by Crippen LogP contribution is -2.20.